The number of ether oxygens (including phenoxy) is 2. The number of anilines is 1. The minimum Gasteiger partial charge on any atom is -0.508 e. The van der Waals surface area contributed by atoms with Gasteiger partial charge in [-0.25, -0.2) is 17.2 Å². The molecule has 2 saturated heterocycles. The van der Waals surface area contributed by atoms with Crippen molar-refractivity contribution in [2.75, 3.05) is 57.7 Å². The Bertz CT molecular complexity index is 2060. The summed E-state index contributed by atoms with van der Waals surface area (Å²) in [4.78, 5) is 17.9. The van der Waals surface area contributed by atoms with Crippen LogP contribution in [0.1, 0.15) is 37.7 Å². The van der Waals surface area contributed by atoms with Gasteiger partial charge >= 0.3 is 6.01 Å². The molecule has 1 saturated carbocycles. The Morgan fingerprint density at radius 2 is 2.02 bits per heavy atom. The number of phenolic OH excluding ortho intramolecular Hbond substituents is 1. The standard InChI is InChI=1S/C35H37F2N5O5S/c1-4-24-27(36)9-8-21-15-22(43)16-25(29(21)24)31-30(37)32-26(18-38-31)33(42-11-6-13-46-14-12-42)40-34(39-32)47-20-35-10-5-7-28(35)41(2)19-23(17-35)48(3,44)45/h1,8-9,15-16,18,23,28,43H,5-7,10-14,17,19-20H2,2-3H3/t23?,28-,35-/m1/s1. The van der Waals surface area contributed by atoms with Gasteiger partial charge in [-0.1, -0.05) is 18.4 Å². The lowest BCUT2D eigenvalue weighted by Crippen LogP contribution is -2.56. The van der Waals surface area contributed by atoms with Crippen molar-refractivity contribution in [3.05, 3.63) is 47.7 Å². The van der Waals surface area contributed by atoms with Gasteiger partial charge in [0.05, 0.1) is 29.4 Å². The van der Waals surface area contributed by atoms with Gasteiger partial charge in [0.25, 0.3) is 0 Å². The Balaban J connectivity index is 1.36. The molecule has 252 valence electrons. The molecule has 0 bridgehead atoms. The number of pyridine rings is 1. The summed E-state index contributed by atoms with van der Waals surface area (Å²) in [5.74, 6) is 1.17. The number of phenols is 1. The summed E-state index contributed by atoms with van der Waals surface area (Å²) in [6.45, 7) is 2.78. The van der Waals surface area contributed by atoms with E-state index in [-0.39, 0.29) is 52.1 Å². The Labute approximate surface area is 278 Å². The third kappa shape index (κ3) is 5.69. The smallest absolute Gasteiger partial charge is 0.319 e. The number of fused-ring (bicyclic) bond motifs is 3. The zero-order chi connectivity index (χ0) is 33.8. The Hall–Kier alpha value is -4.12. The molecule has 7 rings (SSSR count). The molecule has 0 spiro atoms. The zero-order valence-electron chi connectivity index (χ0n) is 26.9. The summed E-state index contributed by atoms with van der Waals surface area (Å²) in [5.41, 5.74) is -0.619. The van der Waals surface area contributed by atoms with E-state index in [4.69, 9.17) is 20.9 Å². The van der Waals surface area contributed by atoms with E-state index in [0.29, 0.717) is 55.9 Å². The van der Waals surface area contributed by atoms with Crippen LogP contribution in [-0.4, -0.2) is 97.4 Å². The fourth-order valence-electron chi connectivity index (χ4n) is 7.96. The second-order valence-electron chi connectivity index (χ2n) is 13.3. The van der Waals surface area contributed by atoms with Crippen molar-refractivity contribution in [3.8, 4) is 35.4 Å². The summed E-state index contributed by atoms with van der Waals surface area (Å²) < 4.78 is 69.1. The number of terminal acetylenes is 1. The summed E-state index contributed by atoms with van der Waals surface area (Å²) in [6.07, 6.45) is 12.3. The van der Waals surface area contributed by atoms with Gasteiger partial charge < -0.3 is 24.4 Å². The molecule has 1 unspecified atom stereocenters. The highest BCUT2D eigenvalue weighted by Gasteiger charge is 2.52. The van der Waals surface area contributed by atoms with E-state index in [9.17, 15) is 17.9 Å². The minimum absolute atomic E-state index is 0.0426. The maximum absolute atomic E-state index is 16.8. The van der Waals surface area contributed by atoms with Crippen LogP contribution in [-0.2, 0) is 14.6 Å². The first-order valence-corrected chi connectivity index (χ1v) is 18.1. The number of benzene rings is 2. The molecular weight excluding hydrogens is 640 g/mol. The predicted molar refractivity (Wildman–Crippen MR) is 179 cm³/mol. The molecular formula is C35H37F2N5O5S. The van der Waals surface area contributed by atoms with Crippen LogP contribution in [0.2, 0.25) is 0 Å². The average Bonchev–Trinajstić information content (AvgIpc) is 3.30. The summed E-state index contributed by atoms with van der Waals surface area (Å²) in [5, 5.41) is 11.0. The van der Waals surface area contributed by atoms with Crippen molar-refractivity contribution in [1.29, 1.82) is 0 Å². The maximum atomic E-state index is 16.8. The SMILES string of the molecule is C#Cc1c(F)ccc2cc(O)cc(-c3ncc4c(N5CCCOCC5)nc(OC[C@]56CCC[C@H]5N(C)CC(S(C)(=O)=O)C6)nc4c3F)c12. The van der Waals surface area contributed by atoms with Gasteiger partial charge in [-0.15, -0.1) is 6.42 Å². The highest BCUT2D eigenvalue weighted by molar-refractivity contribution is 7.91. The van der Waals surface area contributed by atoms with Crippen molar-refractivity contribution in [1.82, 2.24) is 19.9 Å². The van der Waals surface area contributed by atoms with Gasteiger partial charge in [0.15, 0.2) is 15.7 Å². The highest BCUT2D eigenvalue weighted by atomic mass is 32.2. The molecule has 2 aromatic carbocycles. The lowest BCUT2D eigenvalue weighted by Gasteiger charge is -2.47. The average molecular weight is 678 g/mol. The highest BCUT2D eigenvalue weighted by Crippen LogP contribution is 2.49. The molecule has 4 aromatic rings. The minimum atomic E-state index is -3.29. The molecule has 0 amide bonds. The van der Waals surface area contributed by atoms with Gasteiger partial charge in [0.2, 0.25) is 0 Å². The van der Waals surface area contributed by atoms with Crippen LogP contribution < -0.4 is 9.64 Å². The molecule has 2 aliphatic heterocycles. The van der Waals surface area contributed by atoms with Crippen LogP contribution >= 0.6 is 0 Å². The van der Waals surface area contributed by atoms with Crippen molar-refractivity contribution < 1.29 is 31.8 Å². The predicted octanol–water partition coefficient (Wildman–Crippen LogP) is 4.70. The number of hydrogen-bond donors (Lipinski definition) is 1. The molecule has 0 radical (unpaired) electrons. The number of hydrogen-bond acceptors (Lipinski definition) is 10. The van der Waals surface area contributed by atoms with Crippen molar-refractivity contribution in [2.24, 2.45) is 5.41 Å². The number of nitrogens with zero attached hydrogens (tertiary/aromatic N) is 5. The van der Waals surface area contributed by atoms with E-state index >= 15 is 4.39 Å². The molecule has 4 heterocycles. The number of aromatic nitrogens is 3. The van der Waals surface area contributed by atoms with Gasteiger partial charge in [-0.3, -0.25) is 4.98 Å². The third-order valence-corrected chi connectivity index (χ3v) is 11.8. The van der Waals surface area contributed by atoms with Gasteiger partial charge in [-0.05, 0) is 56.3 Å². The van der Waals surface area contributed by atoms with Crippen LogP contribution in [0.25, 0.3) is 32.9 Å². The molecule has 48 heavy (non-hydrogen) atoms. The Morgan fingerprint density at radius 3 is 2.81 bits per heavy atom. The fraction of sp³-hybridized carbons (Fsp3) is 0.457. The Morgan fingerprint density at radius 1 is 1.19 bits per heavy atom. The molecule has 1 aliphatic carbocycles. The number of rotatable bonds is 6. The lowest BCUT2D eigenvalue weighted by atomic mass is 9.75. The molecule has 2 aromatic heterocycles. The molecule has 3 atom stereocenters. The third-order valence-electron chi connectivity index (χ3n) is 10.2. The fourth-order valence-corrected chi connectivity index (χ4v) is 9.10. The van der Waals surface area contributed by atoms with Crippen LogP contribution in [0.4, 0.5) is 14.6 Å². The maximum Gasteiger partial charge on any atom is 0.319 e. The number of aromatic hydroxyl groups is 1. The molecule has 3 aliphatic rings. The van der Waals surface area contributed by atoms with E-state index in [1.54, 1.807) is 0 Å². The first-order chi connectivity index (χ1) is 23.0. The number of likely N-dealkylation sites (tertiary alicyclic amines) is 1. The molecule has 3 fully saturated rings. The van der Waals surface area contributed by atoms with Crippen molar-refractivity contribution >= 4 is 37.3 Å². The normalized spacial score (nSPS) is 23.6. The second-order valence-corrected chi connectivity index (χ2v) is 15.6. The molecule has 1 N–H and O–H groups in total. The first-order valence-electron chi connectivity index (χ1n) is 16.1. The van der Waals surface area contributed by atoms with Gasteiger partial charge in [0.1, 0.15) is 28.6 Å². The van der Waals surface area contributed by atoms with Crippen molar-refractivity contribution in [2.45, 2.75) is 43.4 Å². The van der Waals surface area contributed by atoms with Crippen molar-refractivity contribution in [3.63, 3.8) is 0 Å². The van der Waals surface area contributed by atoms with E-state index in [1.165, 1.54) is 36.7 Å². The summed E-state index contributed by atoms with van der Waals surface area (Å²) in [7, 11) is -1.33. The van der Waals surface area contributed by atoms with E-state index in [1.807, 2.05) is 11.9 Å². The van der Waals surface area contributed by atoms with Gasteiger partial charge in [0, 0.05) is 61.1 Å². The van der Waals surface area contributed by atoms with E-state index in [0.717, 1.165) is 25.7 Å². The van der Waals surface area contributed by atoms with Crippen LogP contribution in [0, 0.1) is 29.4 Å². The quantitative estimate of drug-likeness (QED) is 0.288. The van der Waals surface area contributed by atoms with E-state index < -0.39 is 32.1 Å². The van der Waals surface area contributed by atoms with Crippen LogP contribution in [0.15, 0.2) is 30.5 Å². The van der Waals surface area contributed by atoms with E-state index in [2.05, 4.69) is 20.8 Å². The summed E-state index contributed by atoms with van der Waals surface area (Å²) in [6, 6.07) is 5.50. The Kier molecular flexibility index (Phi) is 8.38. The monoisotopic (exact) mass is 677 g/mol. The molecule has 13 heteroatoms. The lowest BCUT2D eigenvalue weighted by molar-refractivity contribution is 0.0152. The van der Waals surface area contributed by atoms with Gasteiger partial charge in [-0.2, -0.15) is 9.97 Å². The zero-order valence-corrected chi connectivity index (χ0v) is 27.7. The number of sulfone groups is 1. The van der Waals surface area contributed by atoms with Crippen LogP contribution in [0.3, 0.4) is 0 Å². The number of piperidine rings is 1. The summed E-state index contributed by atoms with van der Waals surface area (Å²) >= 11 is 0. The first kappa shape index (κ1) is 32.4. The number of halogens is 2. The topological polar surface area (TPSA) is 118 Å². The van der Waals surface area contributed by atoms with Crippen LogP contribution in [0.5, 0.6) is 11.8 Å². The largest absolute Gasteiger partial charge is 0.508 e. The molecule has 10 nitrogen and oxygen atoms in total. The second kappa shape index (κ2) is 12.4.